The second-order valence-electron chi connectivity index (χ2n) is 6.39. The lowest BCUT2D eigenvalue weighted by Gasteiger charge is -2.22. The third-order valence-electron chi connectivity index (χ3n) is 4.01. The molecule has 0 saturated carbocycles. The second kappa shape index (κ2) is 6.29. The highest BCUT2D eigenvalue weighted by Crippen LogP contribution is 2.35. The van der Waals surface area contributed by atoms with E-state index in [4.69, 9.17) is 0 Å². The Kier molecular flexibility index (Phi) is 4.69. The Morgan fingerprint density at radius 3 is 2.70 bits per heavy atom. The van der Waals surface area contributed by atoms with Gasteiger partial charge < -0.3 is 5.32 Å². The molecule has 1 aromatic carbocycles. The predicted molar refractivity (Wildman–Crippen MR) is 84.3 cm³/mol. The van der Waals surface area contributed by atoms with Crippen molar-refractivity contribution < 1.29 is 4.79 Å². The van der Waals surface area contributed by atoms with Crippen LogP contribution in [0.25, 0.3) is 0 Å². The normalized spacial score (nSPS) is 19.1. The molecule has 2 amide bonds. The number of carbonyl (C=O) groups excluding carboxylic acids is 1. The van der Waals surface area contributed by atoms with Crippen LogP contribution in [0, 0.1) is 5.92 Å². The largest absolute Gasteiger partial charge is 0.335 e. The van der Waals surface area contributed by atoms with Gasteiger partial charge in [-0.25, -0.2) is 4.79 Å². The van der Waals surface area contributed by atoms with Crippen molar-refractivity contribution in [3.05, 3.63) is 29.8 Å². The fraction of sp³-hybridized carbons (Fsp3) is 0.588. The summed E-state index contributed by atoms with van der Waals surface area (Å²) < 4.78 is 0. The number of hydrogen-bond acceptors (Lipinski definition) is 1. The van der Waals surface area contributed by atoms with E-state index < -0.39 is 0 Å². The number of nitrogens with zero attached hydrogens (tertiary/aromatic N) is 1. The molecule has 1 heterocycles. The molecule has 0 saturated heterocycles. The maximum atomic E-state index is 12.4. The van der Waals surface area contributed by atoms with Crippen molar-refractivity contribution in [3.8, 4) is 0 Å². The molecule has 1 aliphatic rings. The monoisotopic (exact) mass is 274 g/mol. The van der Waals surface area contributed by atoms with Crippen LogP contribution >= 0.6 is 0 Å². The molecule has 0 aliphatic carbocycles. The molecule has 2 unspecified atom stereocenters. The van der Waals surface area contributed by atoms with E-state index in [1.807, 2.05) is 23.1 Å². The van der Waals surface area contributed by atoms with Crippen molar-refractivity contribution in [2.75, 3.05) is 11.4 Å². The minimum absolute atomic E-state index is 0.0399. The van der Waals surface area contributed by atoms with E-state index in [1.54, 1.807) is 0 Å². The van der Waals surface area contributed by atoms with Gasteiger partial charge in [-0.15, -0.1) is 0 Å². The fourth-order valence-corrected chi connectivity index (χ4v) is 2.76. The first-order valence-electron chi connectivity index (χ1n) is 7.66. The Labute approximate surface area is 122 Å². The molecule has 1 aliphatic heterocycles. The molecular formula is C17H26N2O. The van der Waals surface area contributed by atoms with E-state index >= 15 is 0 Å². The minimum atomic E-state index is 0.0399. The van der Waals surface area contributed by atoms with Crippen LogP contribution in [0.5, 0.6) is 0 Å². The van der Waals surface area contributed by atoms with E-state index in [2.05, 4.69) is 39.1 Å². The molecule has 3 heteroatoms. The molecule has 0 aromatic heterocycles. The van der Waals surface area contributed by atoms with Crippen molar-refractivity contribution in [3.63, 3.8) is 0 Å². The fourth-order valence-electron chi connectivity index (χ4n) is 2.76. The molecule has 2 atom stereocenters. The van der Waals surface area contributed by atoms with Gasteiger partial charge in [0.2, 0.25) is 0 Å². The van der Waals surface area contributed by atoms with E-state index in [9.17, 15) is 4.79 Å². The van der Waals surface area contributed by atoms with Gasteiger partial charge in [0.25, 0.3) is 0 Å². The molecule has 0 radical (unpaired) electrons. The number of amides is 2. The number of carbonyl (C=O) groups is 1. The van der Waals surface area contributed by atoms with Crippen LogP contribution in [-0.4, -0.2) is 18.6 Å². The molecular weight excluding hydrogens is 248 g/mol. The zero-order valence-corrected chi connectivity index (χ0v) is 13.0. The smallest absolute Gasteiger partial charge is 0.322 e. The number of hydrogen-bond donors (Lipinski definition) is 1. The molecule has 0 fully saturated rings. The highest BCUT2D eigenvalue weighted by Gasteiger charge is 2.29. The first kappa shape index (κ1) is 14.9. The molecule has 1 aromatic rings. The standard InChI is InChI=1S/C17H26N2O/c1-12(2)9-10-14(4)18-17(20)19-11-13(3)15-7-5-6-8-16(15)19/h5-8,12-14H,9-11H2,1-4H3,(H,18,20). The summed E-state index contributed by atoms with van der Waals surface area (Å²) in [6, 6.07) is 8.47. The number of urea groups is 1. The predicted octanol–water partition coefficient (Wildman–Crippen LogP) is 4.14. The first-order valence-corrected chi connectivity index (χ1v) is 7.66. The van der Waals surface area contributed by atoms with Crippen LogP contribution < -0.4 is 10.2 Å². The average Bonchev–Trinajstić information content (AvgIpc) is 2.75. The van der Waals surface area contributed by atoms with E-state index in [1.165, 1.54) is 5.56 Å². The number of fused-ring (bicyclic) bond motifs is 1. The van der Waals surface area contributed by atoms with Gasteiger partial charge in [0, 0.05) is 24.2 Å². The van der Waals surface area contributed by atoms with Gasteiger partial charge in [-0.3, -0.25) is 4.90 Å². The Hall–Kier alpha value is -1.51. The summed E-state index contributed by atoms with van der Waals surface area (Å²) in [7, 11) is 0. The van der Waals surface area contributed by atoms with Crippen LogP contribution in [0.3, 0.4) is 0 Å². The summed E-state index contributed by atoms with van der Waals surface area (Å²) in [5.74, 6) is 1.10. The van der Waals surface area contributed by atoms with Crippen molar-refractivity contribution in [2.24, 2.45) is 5.92 Å². The summed E-state index contributed by atoms with van der Waals surface area (Å²) in [6.07, 6.45) is 2.18. The molecule has 110 valence electrons. The topological polar surface area (TPSA) is 32.3 Å². The van der Waals surface area contributed by atoms with E-state index in [-0.39, 0.29) is 12.1 Å². The molecule has 0 bridgehead atoms. The molecule has 0 spiro atoms. The molecule has 2 rings (SSSR count). The van der Waals surface area contributed by atoms with Crippen molar-refractivity contribution >= 4 is 11.7 Å². The van der Waals surface area contributed by atoms with Gasteiger partial charge in [0.05, 0.1) is 0 Å². The van der Waals surface area contributed by atoms with Gasteiger partial charge in [0.1, 0.15) is 0 Å². The van der Waals surface area contributed by atoms with Crippen LogP contribution in [0.2, 0.25) is 0 Å². The van der Waals surface area contributed by atoms with Gasteiger partial charge in [-0.2, -0.15) is 0 Å². The minimum Gasteiger partial charge on any atom is -0.335 e. The first-order chi connectivity index (χ1) is 9.49. The maximum absolute atomic E-state index is 12.4. The van der Waals surface area contributed by atoms with Gasteiger partial charge in [-0.05, 0) is 37.3 Å². The Morgan fingerprint density at radius 2 is 2.00 bits per heavy atom. The number of nitrogens with one attached hydrogen (secondary N) is 1. The maximum Gasteiger partial charge on any atom is 0.322 e. The van der Waals surface area contributed by atoms with Crippen molar-refractivity contribution in [1.29, 1.82) is 0 Å². The third kappa shape index (κ3) is 3.33. The summed E-state index contributed by atoms with van der Waals surface area (Å²) in [5, 5.41) is 3.13. The van der Waals surface area contributed by atoms with E-state index in [0.717, 1.165) is 25.1 Å². The van der Waals surface area contributed by atoms with Crippen LogP contribution in [0.15, 0.2) is 24.3 Å². The van der Waals surface area contributed by atoms with Gasteiger partial charge >= 0.3 is 6.03 Å². The zero-order valence-electron chi connectivity index (χ0n) is 13.0. The average molecular weight is 274 g/mol. The highest BCUT2D eigenvalue weighted by atomic mass is 16.2. The lowest BCUT2D eigenvalue weighted by molar-refractivity contribution is 0.242. The van der Waals surface area contributed by atoms with Crippen molar-refractivity contribution in [2.45, 2.75) is 52.5 Å². The van der Waals surface area contributed by atoms with Crippen LogP contribution in [-0.2, 0) is 0 Å². The molecule has 3 nitrogen and oxygen atoms in total. The Balaban J connectivity index is 1.97. The second-order valence-corrected chi connectivity index (χ2v) is 6.39. The number of anilines is 1. The quantitative estimate of drug-likeness (QED) is 0.879. The lowest BCUT2D eigenvalue weighted by Crippen LogP contribution is -2.43. The summed E-state index contributed by atoms with van der Waals surface area (Å²) in [6.45, 7) is 9.47. The summed E-state index contributed by atoms with van der Waals surface area (Å²) in [4.78, 5) is 14.3. The van der Waals surface area contributed by atoms with Gasteiger partial charge in [-0.1, -0.05) is 39.0 Å². The van der Waals surface area contributed by atoms with Crippen molar-refractivity contribution in [1.82, 2.24) is 5.32 Å². The zero-order chi connectivity index (χ0) is 14.7. The van der Waals surface area contributed by atoms with Crippen LogP contribution in [0.1, 0.15) is 52.0 Å². The van der Waals surface area contributed by atoms with Crippen LogP contribution in [0.4, 0.5) is 10.5 Å². The third-order valence-corrected chi connectivity index (χ3v) is 4.01. The van der Waals surface area contributed by atoms with Gasteiger partial charge in [0.15, 0.2) is 0 Å². The Morgan fingerprint density at radius 1 is 1.30 bits per heavy atom. The lowest BCUT2D eigenvalue weighted by atomic mass is 10.0. The highest BCUT2D eigenvalue weighted by molar-refractivity contribution is 5.94. The summed E-state index contributed by atoms with van der Waals surface area (Å²) >= 11 is 0. The SMILES string of the molecule is CC(C)CCC(C)NC(=O)N1CC(C)c2ccccc21. The van der Waals surface area contributed by atoms with E-state index in [0.29, 0.717) is 11.8 Å². The Bertz CT molecular complexity index is 470. The number of rotatable bonds is 4. The summed E-state index contributed by atoms with van der Waals surface area (Å²) in [5.41, 5.74) is 2.34. The molecule has 1 N–H and O–H groups in total. The number of benzene rings is 1. The number of para-hydroxylation sites is 1. The molecule has 20 heavy (non-hydrogen) atoms.